The molecule has 1 rings (SSSR count). The molecule has 1 fully saturated rings. The summed E-state index contributed by atoms with van der Waals surface area (Å²) in [6, 6.07) is -0.0846. The molecule has 1 aliphatic heterocycles. The summed E-state index contributed by atoms with van der Waals surface area (Å²) in [6.07, 6.45) is 4.17. The molecule has 0 bridgehead atoms. The van der Waals surface area contributed by atoms with Crippen LogP contribution in [0.1, 0.15) is 32.6 Å². The van der Waals surface area contributed by atoms with Crippen molar-refractivity contribution in [3.63, 3.8) is 0 Å². The Kier molecular flexibility index (Phi) is 6.17. The Morgan fingerprint density at radius 1 is 1.53 bits per heavy atom. The van der Waals surface area contributed by atoms with Gasteiger partial charge in [0.15, 0.2) is 0 Å². The summed E-state index contributed by atoms with van der Waals surface area (Å²) in [7, 11) is 0. The number of aliphatic hydroxyl groups is 1. The van der Waals surface area contributed by atoms with Crippen molar-refractivity contribution < 1.29 is 14.6 Å². The first kappa shape index (κ1) is 12.9. The molecule has 1 saturated heterocycles. The fourth-order valence-electron chi connectivity index (χ4n) is 1.74. The van der Waals surface area contributed by atoms with Gasteiger partial charge >= 0.3 is 0 Å². The second-order valence-corrected chi connectivity index (χ2v) is 4.12. The monoisotopic (exact) mass is 217 g/mol. The van der Waals surface area contributed by atoms with Crippen LogP contribution >= 0.6 is 0 Å². The molecule has 4 nitrogen and oxygen atoms in total. The van der Waals surface area contributed by atoms with Crippen molar-refractivity contribution >= 4 is 0 Å². The van der Waals surface area contributed by atoms with Gasteiger partial charge in [-0.05, 0) is 25.7 Å². The Morgan fingerprint density at radius 2 is 2.33 bits per heavy atom. The lowest BCUT2D eigenvalue weighted by Crippen LogP contribution is -2.41. The highest BCUT2D eigenvalue weighted by atomic mass is 16.5. The zero-order chi connectivity index (χ0) is 11.1. The molecule has 0 spiro atoms. The minimum Gasteiger partial charge on any atom is -0.394 e. The van der Waals surface area contributed by atoms with Crippen LogP contribution in [0.25, 0.3) is 0 Å². The van der Waals surface area contributed by atoms with Gasteiger partial charge in [0.05, 0.1) is 25.4 Å². The van der Waals surface area contributed by atoms with Gasteiger partial charge in [0.25, 0.3) is 0 Å². The summed E-state index contributed by atoms with van der Waals surface area (Å²) >= 11 is 0. The number of aliphatic hydroxyl groups excluding tert-OH is 1. The van der Waals surface area contributed by atoms with Gasteiger partial charge in [-0.2, -0.15) is 0 Å². The summed E-state index contributed by atoms with van der Waals surface area (Å²) in [5.74, 6) is 0. The molecule has 0 amide bonds. The van der Waals surface area contributed by atoms with Crippen molar-refractivity contribution in [3.05, 3.63) is 0 Å². The van der Waals surface area contributed by atoms with Crippen molar-refractivity contribution in [1.29, 1.82) is 0 Å². The van der Waals surface area contributed by atoms with Crippen LogP contribution in [0.3, 0.4) is 0 Å². The summed E-state index contributed by atoms with van der Waals surface area (Å²) < 4.78 is 11.1. The summed E-state index contributed by atoms with van der Waals surface area (Å²) in [6.45, 7) is 3.37. The Balaban J connectivity index is 2.20. The Hall–Kier alpha value is -0.160. The molecule has 0 radical (unpaired) electrons. The van der Waals surface area contributed by atoms with E-state index < -0.39 is 0 Å². The van der Waals surface area contributed by atoms with Crippen molar-refractivity contribution in [2.24, 2.45) is 5.73 Å². The van der Waals surface area contributed by atoms with Gasteiger partial charge in [-0.1, -0.05) is 6.92 Å². The van der Waals surface area contributed by atoms with Crippen LogP contribution in [0.2, 0.25) is 0 Å². The fourth-order valence-corrected chi connectivity index (χ4v) is 1.74. The van der Waals surface area contributed by atoms with E-state index in [0.29, 0.717) is 6.61 Å². The number of rotatable bonds is 6. The standard InChI is InChI=1S/C11H23NO3/c1-2-10(12)11(7-13)15-8-9-5-3-4-6-14-9/h9-11,13H,2-8,12H2,1H3. The van der Waals surface area contributed by atoms with Crippen LogP contribution in [0.4, 0.5) is 0 Å². The molecular formula is C11H23NO3. The topological polar surface area (TPSA) is 64.7 Å². The first-order valence-electron chi connectivity index (χ1n) is 5.87. The van der Waals surface area contributed by atoms with Crippen molar-refractivity contribution in [2.75, 3.05) is 19.8 Å². The van der Waals surface area contributed by atoms with Gasteiger partial charge in [-0.3, -0.25) is 0 Å². The molecule has 0 saturated carbocycles. The maximum absolute atomic E-state index is 9.11. The van der Waals surface area contributed by atoms with Crippen LogP contribution in [0.5, 0.6) is 0 Å². The molecule has 0 aliphatic carbocycles. The number of hydrogen-bond donors (Lipinski definition) is 2. The van der Waals surface area contributed by atoms with E-state index in [2.05, 4.69) is 0 Å². The van der Waals surface area contributed by atoms with Crippen LogP contribution in [0.15, 0.2) is 0 Å². The zero-order valence-corrected chi connectivity index (χ0v) is 9.52. The van der Waals surface area contributed by atoms with E-state index in [9.17, 15) is 0 Å². The van der Waals surface area contributed by atoms with E-state index in [0.717, 1.165) is 25.9 Å². The third-order valence-electron chi connectivity index (χ3n) is 2.90. The van der Waals surface area contributed by atoms with Gasteiger partial charge in [0.2, 0.25) is 0 Å². The number of hydrogen-bond acceptors (Lipinski definition) is 4. The zero-order valence-electron chi connectivity index (χ0n) is 9.52. The van der Waals surface area contributed by atoms with Crippen LogP contribution < -0.4 is 5.73 Å². The lowest BCUT2D eigenvalue weighted by Gasteiger charge is -2.26. The number of ether oxygens (including phenoxy) is 2. The number of nitrogens with two attached hydrogens (primary N) is 1. The molecule has 3 atom stereocenters. The maximum Gasteiger partial charge on any atom is 0.0957 e. The molecule has 3 unspecified atom stereocenters. The minimum atomic E-state index is -0.250. The van der Waals surface area contributed by atoms with E-state index in [1.54, 1.807) is 0 Å². The highest BCUT2D eigenvalue weighted by Gasteiger charge is 2.20. The highest BCUT2D eigenvalue weighted by molar-refractivity contribution is 4.72. The van der Waals surface area contributed by atoms with Crippen molar-refractivity contribution in [2.45, 2.75) is 50.9 Å². The van der Waals surface area contributed by atoms with Gasteiger partial charge in [-0.25, -0.2) is 0 Å². The first-order valence-corrected chi connectivity index (χ1v) is 5.87. The third kappa shape index (κ3) is 4.47. The second kappa shape index (κ2) is 7.17. The van der Waals surface area contributed by atoms with Crippen LogP contribution in [-0.4, -0.2) is 43.2 Å². The summed E-state index contributed by atoms with van der Waals surface area (Å²) in [4.78, 5) is 0. The molecule has 3 N–H and O–H groups in total. The van der Waals surface area contributed by atoms with Gasteiger partial charge in [0, 0.05) is 12.6 Å². The molecule has 15 heavy (non-hydrogen) atoms. The molecular weight excluding hydrogens is 194 g/mol. The second-order valence-electron chi connectivity index (χ2n) is 4.12. The molecule has 1 heterocycles. The Morgan fingerprint density at radius 3 is 2.87 bits per heavy atom. The Labute approximate surface area is 91.7 Å². The molecule has 0 aromatic rings. The highest BCUT2D eigenvalue weighted by Crippen LogP contribution is 2.14. The summed E-state index contributed by atoms with van der Waals surface area (Å²) in [5.41, 5.74) is 5.82. The van der Waals surface area contributed by atoms with E-state index in [1.807, 2.05) is 6.92 Å². The molecule has 90 valence electrons. The Bertz CT molecular complexity index is 160. The average Bonchev–Trinajstić information content (AvgIpc) is 2.31. The molecule has 1 aliphatic rings. The predicted octanol–water partition coefficient (Wildman–Crippen LogP) is 0.670. The smallest absolute Gasteiger partial charge is 0.0957 e. The third-order valence-corrected chi connectivity index (χ3v) is 2.90. The quantitative estimate of drug-likeness (QED) is 0.686. The molecule has 4 heteroatoms. The maximum atomic E-state index is 9.11. The van der Waals surface area contributed by atoms with Gasteiger partial charge in [0.1, 0.15) is 0 Å². The molecule has 0 aromatic carbocycles. The lowest BCUT2D eigenvalue weighted by atomic mass is 10.1. The SMILES string of the molecule is CCC(N)C(CO)OCC1CCCCO1. The molecule has 0 aromatic heterocycles. The average molecular weight is 217 g/mol. The van der Waals surface area contributed by atoms with Gasteiger partial charge < -0.3 is 20.3 Å². The largest absolute Gasteiger partial charge is 0.394 e. The normalized spacial score (nSPS) is 26.2. The fraction of sp³-hybridized carbons (Fsp3) is 1.00. The van der Waals surface area contributed by atoms with Gasteiger partial charge in [-0.15, -0.1) is 0 Å². The van der Waals surface area contributed by atoms with E-state index in [-0.39, 0.29) is 24.9 Å². The van der Waals surface area contributed by atoms with Crippen molar-refractivity contribution in [3.8, 4) is 0 Å². The van der Waals surface area contributed by atoms with E-state index in [4.69, 9.17) is 20.3 Å². The lowest BCUT2D eigenvalue weighted by molar-refractivity contribution is -0.0796. The van der Waals surface area contributed by atoms with Crippen molar-refractivity contribution in [1.82, 2.24) is 0 Å². The summed E-state index contributed by atoms with van der Waals surface area (Å²) in [5, 5.41) is 9.11. The van der Waals surface area contributed by atoms with Crippen LogP contribution in [-0.2, 0) is 9.47 Å². The van der Waals surface area contributed by atoms with E-state index in [1.165, 1.54) is 6.42 Å². The van der Waals surface area contributed by atoms with E-state index >= 15 is 0 Å². The first-order chi connectivity index (χ1) is 7.27. The van der Waals surface area contributed by atoms with Crippen LogP contribution in [0, 0.1) is 0 Å². The minimum absolute atomic E-state index is 0.0122. The predicted molar refractivity (Wildman–Crippen MR) is 58.7 cm³/mol.